The standard InChI is InChI=1S/C13H17N3O/c1-9-15-11-3-2-10(4-12(11)16-9)5-13(6-14)7-17-8-13/h2-4H,5-8,14H2,1H3,(H,15,16). The predicted octanol–water partition coefficient (Wildman–Crippen LogP) is 1.39. The van der Waals surface area contributed by atoms with Crippen LogP contribution >= 0.6 is 0 Å². The molecule has 0 radical (unpaired) electrons. The number of H-pyrrole nitrogens is 1. The number of imidazole rings is 1. The summed E-state index contributed by atoms with van der Waals surface area (Å²) in [5.41, 5.74) is 9.42. The largest absolute Gasteiger partial charge is 0.380 e. The normalized spacial score (nSPS) is 18.2. The molecule has 0 spiro atoms. The van der Waals surface area contributed by atoms with Gasteiger partial charge in [-0.25, -0.2) is 4.98 Å². The second-order valence-corrected chi connectivity index (χ2v) is 5.05. The molecule has 90 valence electrons. The molecule has 2 heterocycles. The Labute approximate surface area is 100 Å². The third-order valence-corrected chi connectivity index (χ3v) is 3.49. The van der Waals surface area contributed by atoms with Gasteiger partial charge in [-0.1, -0.05) is 6.07 Å². The lowest BCUT2D eigenvalue weighted by Gasteiger charge is -2.40. The van der Waals surface area contributed by atoms with Crippen molar-refractivity contribution in [3.63, 3.8) is 0 Å². The van der Waals surface area contributed by atoms with Crippen LogP contribution in [0.5, 0.6) is 0 Å². The topological polar surface area (TPSA) is 63.9 Å². The van der Waals surface area contributed by atoms with Crippen molar-refractivity contribution in [3.8, 4) is 0 Å². The zero-order chi connectivity index (χ0) is 11.9. The zero-order valence-electron chi connectivity index (χ0n) is 9.99. The van der Waals surface area contributed by atoms with E-state index in [2.05, 4.69) is 28.2 Å². The van der Waals surface area contributed by atoms with Crippen LogP contribution in [0, 0.1) is 12.3 Å². The molecule has 0 unspecified atom stereocenters. The first-order valence-electron chi connectivity index (χ1n) is 5.94. The van der Waals surface area contributed by atoms with Crippen molar-refractivity contribution < 1.29 is 4.74 Å². The van der Waals surface area contributed by atoms with Gasteiger partial charge in [-0.05, 0) is 31.0 Å². The predicted molar refractivity (Wildman–Crippen MR) is 66.8 cm³/mol. The highest BCUT2D eigenvalue weighted by atomic mass is 16.5. The minimum absolute atomic E-state index is 0.155. The van der Waals surface area contributed by atoms with Gasteiger partial charge in [0, 0.05) is 12.0 Å². The molecule has 4 heteroatoms. The maximum atomic E-state index is 5.83. The van der Waals surface area contributed by atoms with Gasteiger partial charge in [0.05, 0.1) is 24.2 Å². The van der Waals surface area contributed by atoms with Crippen molar-refractivity contribution in [2.45, 2.75) is 13.3 Å². The molecule has 3 N–H and O–H groups in total. The number of rotatable bonds is 3. The number of aryl methyl sites for hydroxylation is 1. The third kappa shape index (κ3) is 1.83. The van der Waals surface area contributed by atoms with Crippen LogP contribution in [0.3, 0.4) is 0 Å². The Morgan fingerprint density at radius 3 is 2.94 bits per heavy atom. The van der Waals surface area contributed by atoms with E-state index in [-0.39, 0.29) is 5.41 Å². The number of ether oxygens (including phenoxy) is 1. The molecule has 1 aliphatic heterocycles. The van der Waals surface area contributed by atoms with Crippen LogP contribution < -0.4 is 5.73 Å². The summed E-state index contributed by atoms with van der Waals surface area (Å²) in [4.78, 5) is 7.67. The van der Waals surface area contributed by atoms with Crippen LogP contribution in [0.2, 0.25) is 0 Å². The van der Waals surface area contributed by atoms with Crippen LogP contribution in [-0.2, 0) is 11.2 Å². The zero-order valence-corrected chi connectivity index (χ0v) is 9.99. The maximum Gasteiger partial charge on any atom is 0.104 e. The van der Waals surface area contributed by atoms with Crippen molar-refractivity contribution in [3.05, 3.63) is 29.6 Å². The number of nitrogens with two attached hydrogens (primary N) is 1. The summed E-state index contributed by atoms with van der Waals surface area (Å²) in [5.74, 6) is 0.956. The van der Waals surface area contributed by atoms with E-state index >= 15 is 0 Å². The minimum Gasteiger partial charge on any atom is -0.380 e. The van der Waals surface area contributed by atoms with Crippen LogP contribution in [0.1, 0.15) is 11.4 Å². The highest BCUT2D eigenvalue weighted by molar-refractivity contribution is 5.75. The van der Waals surface area contributed by atoms with Crippen LogP contribution in [-0.4, -0.2) is 29.7 Å². The molecule has 2 aromatic rings. The summed E-state index contributed by atoms with van der Waals surface area (Å²) in [7, 11) is 0. The van der Waals surface area contributed by atoms with E-state index in [1.165, 1.54) is 5.56 Å². The molecular formula is C13H17N3O. The lowest BCUT2D eigenvalue weighted by Crippen LogP contribution is -2.49. The summed E-state index contributed by atoms with van der Waals surface area (Å²) in [6.07, 6.45) is 0.984. The highest BCUT2D eigenvalue weighted by Crippen LogP contribution is 2.31. The van der Waals surface area contributed by atoms with Gasteiger partial charge in [0.25, 0.3) is 0 Å². The Balaban J connectivity index is 1.90. The first-order chi connectivity index (χ1) is 8.21. The summed E-state index contributed by atoms with van der Waals surface area (Å²) in [5, 5.41) is 0. The molecule has 3 rings (SSSR count). The number of aromatic amines is 1. The van der Waals surface area contributed by atoms with Crippen LogP contribution in [0.4, 0.5) is 0 Å². The van der Waals surface area contributed by atoms with Gasteiger partial charge in [0.15, 0.2) is 0 Å². The number of benzene rings is 1. The van der Waals surface area contributed by atoms with Crippen LogP contribution in [0.25, 0.3) is 11.0 Å². The maximum absolute atomic E-state index is 5.83. The van der Waals surface area contributed by atoms with Crippen LogP contribution in [0.15, 0.2) is 18.2 Å². The van der Waals surface area contributed by atoms with E-state index in [4.69, 9.17) is 10.5 Å². The summed E-state index contributed by atoms with van der Waals surface area (Å²) < 4.78 is 5.29. The molecule has 1 aliphatic rings. The molecular weight excluding hydrogens is 214 g/mol. The van der Waals surface area contributed by atoms with Crippen molar-refractivity contribution >= 4 is 11.0 Å². The van der Waals surface area contributed by atoms with E-state index in [0.717, 1.165) is 36.5 Å². The van der Waals surface area contributed by atoms with E-state index in [9.17, 15) is 0 Å². The fraction of sp³-hybridized carbons (Fsp3) is 0.462. The molecule has 4 nitrogen and oxygen atoms in total. The van der Waals surface area contributed by atoms with Gasteiger partial charge in [0.2, 0.25) is 0 Å². The fourth-order valence-electron chi connectivity index (χ4n) is 2.41. The summed E-state index contributed by atoms with van der Waals surface area (Å²) in [6, 6.07) is 6.38. The van der Waals surface area contributed by atoms with E-state index in [0.29, 0.717) is 6.54 Å². The fourth-order valence-corrected chi connectivity index (χ4v) is 2.41. The molecule has 0 atom stereocenters. The third-order valence-electron chi connectivity index (χ3n) is 3.49. The van der Waals surface area contributed by atoms with Gasteiger partial charge >= 0.3 is 0 Å². The Morgan fingerprint density at radius 2 is 2.29 bits per heavy atom. The van der Waals surface area contributed by atoms with E-state index in [1.54, 1.807) is 0 Å². The average Bonchev–Trinajstić information content (AvgIpc) is 2.63. The molecule has 0 amide bonds. The highest BCUT2D eigenvalue weighted by Gasteiger charge is 2.37. The van der Waals surface area contributed by atoms with Crippen molar-refractivity contribution in [1.29, 1.82) is 0 Å². The number of nitrogens with one attached hydrogen (secondary N) is 1. The number of fused-ring (bicyclic) bond motifs is 1. The Bertz CT molecular complexity index is 537. The molecule has 0 bridgehead atoms. The first-order valence-corrected chi connectivity index (χ1v) is 5.94. The Kier molecular flexibility index (Phi) is 2.42. The van der Waals surface area contributed by atoms with Crippen molar-refractivity contribution in [1.82, 2.24) is 9.97 Å². The SMILES string of the molecule is Cc1nc2ccc(CC3(CN)COC3)cc2[nH]1. The lowest BCUT2D eigenvalue weighted by molar-refractivity contribution is -0.106. The number of nitrogens with zero attached hydrogens (tertiary/aromatic N) is 1. The summed E-state index contributed by atoms with van der Waals surface area (Å²) in [6.45, 7) is 4.22. The Hall–Kier alpha value is -1.39. The molecule has 1 fully saturated rings. The van der Waals surface area contributed by atoms with Crippen molar-refractivity contribution in [2.24, 2.45) is 11.1 Å². The van der Waals surface area contributed by atoms with Gasteiger partial charge < -0.3 is 15.5 Å². The quantitative estimate of drug-likeness (QED) is 0.839. The number of hydrogen-bond donors (Lipinski definition) is 2. The molecule has 0 saturated carbocycles. The molecule has 1 aromatic heterocycles. The average molecular weight is 231 g/mol. The monoisotopic (exact) mass is 231 g/mol. The number of aromatic nitrogens is 2. The van der Waals surface area contributed by atoms with Gasteiger partial charge in [-0.3, -0.25) is 0 Å². The number of hydrogen-bond acceptors (Lipinski definition) is 3. The van der Waals surface area contributed by atoms with E-state index in [1.807, 2.05) is 6.92 Å². The van der Waals surface area contributed by atoms with Gasteiger partial charge in [-0.15, -0.1) is 0 Å². The van der Waals surface area contributed by atoms with Gasteiger partial charge in [-0.2, -0.15) is 0 Å². The minimum atomic E-state index is 0.155. The second kappa shape index (κ2) is 3.82. The lowest BCUT2D eigenvalue weighted by atomic mass is 9.80. The molecule has 1 aromatic carbocycles. The van der Waals surface area contributed by atoms with Crippen molar-refractivity contribution in [2.75, 3.05) is 19.8 Å². The Morgan fingerprint density at radius 1 is 1.47 bits per heavy atom. The summed E-state index contributed by atoms with van der Waals surface area (Å²) >= 11 is 0. The smallest absolute Gasteiger partial charge is 0.104 e. The first kappa shape index (κ1) is 10.7. The molecule has 1 saturated heterocycles. The molecule has 0 aliphatic carbocycles. The van der Waals surface area contributed by atoms with E-state index < -0.39 is 0 Å². The molecule has 17 heavy (non-hydrogen) atoms. The second-order valence-electron chi connectivity index (χ2n) is 5.05. The van der Waals surface area contributed by atoms with Gasteiger partial charge in [0.1, 0.15) is 5.82 Å².